The fraction of sp³-hybridized carbons (Fsp3) is 0.560. The molecule has 1 aliphatic carbocycles. The van der Waals surface area contributed by atoms with Crippen LogP contribution < -0.4 is 4.90 Å². The zero-order chi connectivity index (χ0) is 20.5. The van der Waals surface area contributed by atoms with Gasteiger partial charge in [0.2, 0.25) is 5.91 Å². The van der Waals surface area contributed by atoms with Crippen LogP contribution in [0.3, 0.4) is 0 Å². The summed E-state index contributed by atoms with van der Waals surface area (Å²) >= 11 is 0. The molecule has 0 unspecified atom stereocenters. The lowest BCUT2D eigenvalue weighted by molar-refractivity contribution is -0.131. The average molecular weight is 405 g/mol. The van der Waals surface area contributed by atoms with Crippen molar-refractivity contribution in [2.24, 2.45) is 5.92 Å². The Kier molecular flexibility index (Phi) is 5.45. The third kappa shape index (κ3) is 4.21. The SMILES string of the molecule is Cc1nc([C@@H]2CCCN(C(=O)Cc3ccccc3)C2)nc2c1CCCN2CC1CC1. The molecule has 3 aliphatic rings. The molecule has 5 heteroatoms. The predicted octanol–water partition coefficient (Wildman–Crippen LogP) is 3.90. The van der Waals surface area contributed by atoms with Crippen LogP contribution in [0.5, 0.6) is 0 Å². The largest absolute Gasteiger partial charge is 0.356 e. The Labute approximate surface area is 179 Å². The van der Waals surface area contributed by atoms with Gasteiger partial charge in [0.1, 0.15) is 11.6 Å². The highest BCUT2D eigenvalue weighted by atomic mass is 16.2. The van der Waals surface area contributed by atoms with E-state index in [-0.39, 0.29) is 11.8 Å². The molecule has 0 N–H and O–H groups in total. The zero-order valence-electron chi connectivity index (χ0n) is 18.0. The van der Waals surface area contributed by atoms with E-state index in [1.165, 1.54) is 30.6 Å². The lowest BCUT2D eigenvalue weighted by Crippen LogP contribution is -2.40. The number of aryl methyl sites for hydroxylation is 1. The fourth-order valence-electron chi connectivity index (χ4n) is 4.98. The number of hydrogen-bond donors (Lipinski definition) is 0. The molecular formula is C25H32N4O. The van der Waals surface area contributed by atoms with E-state index in [2.05, 4.69) is 11.8 Å². The van der Waals surface area contributed by atoms with Gasteiger partial charge in [0, 0.05) is 43.4 Å². The van der Waals surface area contributed by atoms with Gasteiger partial charge in [-0.15, -0.1) is 0 Å². The fourth-order valence-corrected chi connectivity index (χ4v) is 4.98. The van der Waals surface area contributed by atoms with Gasteiger partial charge in [0.25, 0.3) is 0 Å². The first kappa shape index (κ1) is 19.5. The van der Waals surface area contributed by atoms with Crippen LogP contribution in [0.15, 0.2) is 30.3 Å². The van der Waals surface area contributed by atoms with Crippen molar-refractivity contribution < 1.29 is 4.79 Å². The second-order valence-corrected chi connectivity index (χ2v) is 9.30. The number of nitrogens with zero attached hydrogens (tertiary/aromatic N) is 4. The highest BCUT2D eigenvalue weighted by Crippen LogP contribution is 2.36. The first-order valence-corrected chi connectivity index (χ1v) is 11.6. The van der Waals surface area contributed by atoms with Crippen LogP contribution in [0.1, 0.15) is 60.7 Å². The number of piperidine rings is 1. The molecule has 0 radical (unpaired) electrons. The number of carbonyl (C=O) groups is 1. The van der Waals surface area contributed by atoms with E-state index in [4.69, 9.17) is 9.97 Å². The summed E-state index contributed by atoms with van der Waals surface area (Å²) in [5, 5.41) is 0. The summed E-state index contributed by atoms with van der Waals surface area (Å²) in [7, 11) is 0. The van der Waals surface area contributed by atoms with Crippen molar-refractivity contribution in [2.45, 2.75) is 57.8 Å². The van der Waals surface area contributed by atoms with Gasteiger partial charge in [-0.1, -0.05) is 30.3 Å². The number of amides is 1. The maximum atomic E-state index is 12.9. The van der Waals surface area contributed by atoms with Gasteiger partial charge in [-0.3, -0.25) is 4.79 Å². The summed E-state index contributed by atoms with van der Waals surface area (Å²) in [5.41, 5.74) is 3.57. The Hall–Kier alpha value is -2.43. The molecule has 1 aromatic heterocycles. The standard InChI is InChI=1S/C25H32N4O/c1-18-22-10-6-14-29(16-20-11-12-20)25(22)27-24(26-18)21-9-5-13-28(17-21)23(30)15-19-7-3-2-4-8-19/h2-4,7-8,20-21H,5-6,9-17H2,1H3/t21-/m1/s1. The third-order valence-electron chi connectivity index (χ3n) is 6.88. The number of hydrogen-bond acceptors (Lipinski definition) is 4. The first-order valence-electron chi connectivity index (χ1n) is 11.6. The molecule has 0 spiro atoms. The van der Waals surface area contributed by atoms with E-state index >= 15 is 0 Å². The van der Waals surface area contributed by atoms with E-state index in [0.717, 1.165) is 68.4 Å². The molecule has 5 rings (SSSR count). The second kappa shape index (κ2) is 8.37. The Morgan fingerprint density at radius 3 is 2.70 bits per heavy atom. The average Bonchev–Trinajstić information content (AvgIpc) is 3.59. The molecule has 30 heavy (non-hydrogen) atoms. The topological polar surface area (TPSA) is 49.3 Å². The molecule has 3 heterocycles. The Balaban J connectivity index is 1.33. The molecule has 2 fully saturated rings. The van der Waals surface area contributed by atoms with Crippen LogP contribution in [0, 0.1) is 12.8 Å². The highest BCUT2D eigenvalue weighted by Gasteiger charge is 2.31. The predicted molar refractivity (Wildman–Crippen MR) is 119 cm³/mol. The van der Waals surface area contributed by atoms with Crippen molar-refractivity contribution in [1.82, 2.24) is 14.9 Å². The molecule has 1 saturated heterocycles. The molecule has 1 saturated carbocycles. The van der Waals surface area contributed by atoms with Gasteiger partial charge in [-0.25, -0.2) is 9.97 Å². The Morgan fingerprint density at radius 1 is 1.07 bits per heavy atom. The van der Waals surface area contributed by atoms with E-state index < -0.39 is 0 Å². The van der Waals surface area contributed by atoms with E-state index in [0.29, 0.717) is 6.42 Å². The number of fused-ring (bicyclic) bond motifs is 1. The summed E-state index contributed by atoms with van der Waals surface area (Å²) in [5.74, 6) is 3.45. The smallest absolute Gasteiger partial charge is 0.227 e. The van der Waals surface area contributed by atoms with Crippen LogP contribution in [-0.4, -0.2) is 47.0 Å². The maximum Gasteiger partial charge on any atom is 0.227 e. The van der Waals surface area contributed by atoms with Gasteiger partial charge in [0.05, 0.1) is 6.42 Å². The van der Waals surface area contributed by atoms with Crippen molar-refractivity contribution in [3.63, 3.8) is 0 Å². The van der Waals surface area contributed by atoms with Gasteiger partial charge in [-0.2, -0.15) is 0 Å². The van der Waals surface area contributed by atoms with Gasteiger partial charge < -0.3 is 9.80 Å². The van der Waals surface area contributed by atoms with Crippen molar-refractivity contribution in [3.8, 4) is 0 Å². The van der Waals surface area contributed by atoms with Crippen LogP contribution in [0.4, 0.5) is 5.82 Å². The van der Waals surface area contributed by atoms with Gasteiger partial charge in [-0.05, 0) is 56.9 Å². The summed E-state index contributed by atoms with van der Waals surface area (Å²) in [4.78, 5) is 27.5. The molecule has 5 nitrogen and oxygen atoms in total. The van der Waals surface area contributed by atoms with E-state index in [9.17, 15) is 4.79 Å². The number of benzene rings is 1. The third-order valence-corrected chi connectivity index (χ3v) is 6.88. The second-order valence-electron chi connectivity index (χ2n) is 9.30. The quantitative estimate of drug-likeness (QED) is 0.758. The summed E-state index contributed by atoms with van der Waals surface area (Å²) in [6, 6.07) is 10.1. The minimum absolute atomic E-state index is 0.218. The summed E-state index contributed by atoms with van der Waals surface area (Å²) in [6.07, 6.45) is 7.59. The van der Waals surface area contributed by atoms with E-state index in [1.807, 2.05) is 35.2 Å². The van der Waals surface area contributed by atoms with Crippen molar-refractivity contribution in [2.75, 3.05) is 31.1 Å². The zero-order valence-corrected chi connectivity index (χ0v) is 18.0. The van der Waals surface area contributed by atoms with Gasteiger partial charge >= 0.3 is 0 Å². The highest BCUT2D eigenvalue weighted by molar-refractivity contribution is 5.79. The number of rotatable bonds is 5. The van der Waals surface area contributed by atoms with Crippen LogP contribution in [0.2, 0.25) is 0 Å². The van der Waals surface area contributed by atoms with Crippen molar-refractivity contribution in [3.05, 3.63) is 53.0 Å². The maximum absolute atomic E-state index is 12.9. The molecule has 1 atom stereocenters. The van der Waals surface area contributed by atoms with Crippen LogP contribution in [0.25, 0.3) is 0 Å². The van der Waals surface area contributed by atoms with Crippen molar-refractivity contribution >= 4 is 11.7 Å². The summed E-state index contributed by atoms with van der Waals surface area (Å²) in [6.45, 7) is 6.00. The number of aromatic nitrogens is 2. The van der Waals surface area contributed by atoms with Crippen LogP contribution in [-0.2, 0) is 17.6 Å². The molecule has 1 aromatic carbocycles. The molecule has 2 aromatic rings. The number of anilines is 1. The summed E-state index contributed by atoms with van der Waals surface area (Å²) < 4.78 is 0. The molecule has 2 aliphatic heterocycles. The normalized spacial score (nSPS) is 21.4. The van der Waals surface area contributed by atoms with Crippen LogP contribution >= 0.6 is 0 Å². The Morgan fingerprint density at radius 2 is 1.90 bits per heavy atom. The first-order chi connectivity index (χ1) is 14.7. The lowest BCUT2D eigenvalue weighted by atomic mass is 9.95. The number of carbonyl (C=O) groups excluding carboxylic acids is 1. The molecule has 0 bridgehead atoms. The monoisotopic (exact) mass is 404 g/mol. The van der Waals surface area contributed by atoms with E-state index in [1.54, 1.807) is 0 Å². The minimum Gasteiger partial charge on any atom is -0.356 e. The molecular weight excluding hydrogens is 372 g/mol. The molecule has 1 amide bonds. The Bertz CT molecular complexity index is 909. The number of likely N-dealkylation sites (tertiary alicyclic amines) is 1. The van der Waals surface area contributed by atoms with Crippen molar-refractivity contribution in [1.29, 1.82) is 0 Å². The van der Waals surface area contributed by atoms with Gasteiger partial charge in [0.15, 0.2) is 0 Å². The minimum atomic E-state index is 0.218. The molecule has 158 valence electrons. The lowest BCUT2D eigenvalue weighted by Gasteiger charge is -2.34.